The third kappa shape index (κ3) is 4.31. The van der Waals surface area contributed by atoms with Crippen LogP contribution >= 0.6 is 23.1 Å². The molecule has 2 N–H and O–H groups in total. The second-order valence-corrected chi connectivity index (χ2v) is 8.11. The first-order valence-electron chi connectivity index (χ1n) is 8.29. The van der Waals surface area contributed by atoms with Gasteiger partial charge in [0.1, 0.15) is 5.01 Å². The van der Waals surface area contributed by atoms with Crippen molar-refractivity contribution in [3.8, 4) is 0 Å². The third-order valence-electron chi connectivity index (χ3n) is 3.84. The first-order chi connectivity index (χ1) is 12.5. The van der Waals surface area contributed by atoms with Gasteiger partial charge in [0, 0.05) is 22.9 Å². The molecule has 0 atom stereocenters. The maximum atomic E-state index is 12.4. The SMILES string of the molecule is CCc1nnc(NC(=O)CSCc2cc(=O)c3cc(C)cc(C)c3[nH]2)s1. The number of carbonyl (C=O) groups excluding carboxylic acids is 1. The zero-order valence-corrected chi connectivity index (χ0v) is 16.5. The summed E-state index contributed by atoms with van der Waals surface area (Å²) in [5.74, 6) is 0.722. The maximum Gasteiger partial charge on any atom is 0.236 e. The molecule has 0 radical (unpaired) electrons. The highest BCUT2D eigenvalue weighted by Gasteiger charge is 2.09. The number of fused-ring (bicyclic) bond motifs is 1. The number of nitrogens with zero attached hydrogens (tertiary/aromatic N) is 2. The molecule has 0 saturated carbocycles. The van der Waals surface area contributed by atoms with E-state index < -0.39 is 0 Å². The predicted octanol–water partition coefficient (Wildman–Crippen LogP) is 3.43. The van der Waals surface area contributed by atoms with Crippen LogP contribution in [0.5, 0.6) is 0 Å². The Morgan fingerprint density at radius 3 is 2.81 bits per heavy atom. The number of carbonyl (C=O) groups is 1. The van der Waals surface area contributed by atoms with E-state index in [0.29, 0.717) is 16.3 Å². The van der Waals surface area contributed by atoms with Crippen LogP contribution in [0.2, 0.25) is 0 Å². The zero-order chi connectivity index (χ0) is 18.7. The molecule has 26 heavy (non-hydrogen) atoms. The lowest BCUT2D eigenvalue weighted by atomic mass is 10.1. The number of nitrogens with one attached hydrogen (secondary N) is 2. The Balaban J connectivity index is 1.62. The Morgan fingerprint density at radius 1 is 1.27 bits per heavy atom. The number of anilines is 1. The topological polar surface area (TPSA) is 87.7 Å². The maximum absolute atomic E-state index is 12.4. The van der Waals surface area contributed by atoms with Crippen molar-refractivity contribution in [2.45, 2.75) is 32.9 Å². The van der Waals surface area contributed by atoms with Crippen LogP contribution < -0.4 is 10.7 Å². The molecule has 0 aliphatic carbocycles. The summed E-state index contributed by atoms with van der Waals surface area (Å²) < 4.78 is 0. The number of rotatable bonds is 6. The van der Waals surface area contributed by atoms with Gasteiger partial charge in [-0.2, -0.15) is 0 Å². The number of hydrogen-bond donors (Lipinski definition) is 2. The fraction of sp³-hybridized carbons (Fsp3) is 0.333. The molecule has 0 aliphatic heterocycles. The van der Waals surface area contributed by atoms with Crippen LogP contribution in [-0.2, 0) is 17.0 Å². The number of pyridine rings is 1. The minimum atomic E-state index is -0.122. The van der Waals surface area contributed by atoms with Gasteiger partial charge in [0.15, 0.2) is 5.43 Å². The molecule has 2 heterocycles. The van der Waals surface area contributed by atoms with Gasteiger partial charge in [-0.05, 0) is 37.5 Å². The van der Waals surface area contributed by atoms with Gasteiger partial charge >= 0.3 is 0 Å². The number of aromatic nitrogens is 3. The van der Waals surface area contributed by atoms with Crippen molar-refractivity contribution in [3.05, 3.63) is 50.3 Å². The van der Waals surface area contributed by atoms with Crippen LogP contribution in [0.1, 0.15) is 28.8 Å². The van der Waals surface area contributed by atoms with E-state index in [-0.39, 0.29) is 17.1 Å². The van der Waals surface area contributed by atoms with E-state index in [1.807, 2.05) is 26.8 Å². The lowest BCUT2D eigenvalue weighted by Crippen LogP contribution is -2.14. The summed E-state index contributed by atoms with van der Waals surface area (Å²) in [5, 5.41) is 12.8. The molecule has 0 spiro atoms. The fourth-order valence-corrected chi connectivity index (χ4v) is 4.13. The average molecular weight is 389 g/mol. The number of H-pyrrole nitrogens is 1. The minimum absolute atomic E-state index is 0.00607. The van der Waals surface area contributed by atoms with Gasteiger partial charge in [-0.1, -0.05) is 24.3 Å². The van der Waals surface area contributed by atoms with E-state index in [1.54, 1.807) is 6.07 Å². The van der Waals surface area contributed by atoms with Crippen molar-refractivity contribution >= 4 is 45.0 Å². The van der Waals surface area contributed by atoms with Crippen molar-refractivity contribution in [1.29, 1.82) is 0 Å². The number of aryl methyl sites for hydroxylation is 3. The molecule has 0 aliphatic rings. The summed E-state index contributed by atoms with van der Waals surface area (Å²) in [6.45, 7) is 5.97. The molecule has 0 saturated heterocycles. The summed E-state index contributed by atoms with van der Waals surface area (Å²) in [5.41, 5.74) is 3.80. The van der Waals surface area contributed by atoms with Crippen LogP contribution in [0.15, 0.2) is 23.0 Å². The first kappa shape index (κ1) is 18.6. The standard InChI is InChI=1S/C18H20N4O2S2/c1-4-16-21-22-18(26-16)20-15(24)9-25-8-12-7-14(23)13-6-10(2)5-11(3)17(13)19-12/h5-7H,4,8-9H2,1-3H3,(H,19,23)(H,20,22,24). The molecule has 0 unspecified atom stereocenters. The van der Waals surface area contributed by atoms with Crippen molar-refractivity contribution < 1.29 is 4.79 Å². The Kier molecular flexibility index (Phi) is 5.73. The molecule has 1 amide bonds. The number of benzene rings is 1. The summed E-state index contributed by atoms with van der Waals surface area (Å²) in [4.78, 5) is 27.7. The third-order valence-corrected chi connectivity index (χ3v) is 5.81. The molecule has 0 bridgehead atoms. The predicted molar refractivity (Wildman–Crippen MR) is 108 cm³/mol. The highest BCUT2D eigenvalue weighted by Crippen LogP contribution is 2.19. The van der Waals surface area contributed by atoms with E-state index >= 15 is 0 Å². The number of amides is 1. The summed E-state index contributed by atoms with van der Waals surface area (Å²) in [7, 11) is 0. The van der Waals surface area contributed by atoms with Crippen molar-refractivity contribution in [2.75, 3.05) is 11.1 Å². The molecule has 0 fully saturated rings. The average Bonchev–Trinajstić information content (AvgIpc) is 3.03. The van der Waals surface area contributed by atoms with Gasteiger partial charge in [-0.15, -0.1) is 22.0 Å². The number of thioether (sulfide) groups is 1. The molecule has 3 rings (SSSR count). The molecule has 8 heteroatoms. The Bertz CT molecular complexity index is 1010. The van der Waals surface area contributed by atoms with Gasteiger partial charge < -0.3 is 4.98 Å². The van der Waals surface area contributed by atoms with Crippen LogP contribution in [0.4, 0.5) is 5.13 Å². The first-order valence-corrected chi connectivity index (χ1v) is 10.3. The second-order valence-electron chi connectivity index (χ2n) is 6.06. The molecular formula is C18H20N4O2S2. The monoisotopic (exact) mass is 388 g/mol. The van der Waals surface area contributed by atoms with Crippen LogP contribution in [0.25, 0.3) is 10.9 Å². The van der Waals surface area contributed by atoms with E-state index in [2.05, 4.69) is 26.6 Å². The molecule has 2 aromatic heterocycles. The van der Waals surface area contributed by atoms with Gasteiger partial charge in [0.05, 0.1) is 11.3 Å². The molecular weight excluding hydrogens is 368 g/mol. The quantitative estimate of drug-likeness (QED) is 0.675. The van der Waals surface area contributed by atoms with Crippen molar-refractivity contribution in [2.24, 2.45) is 0 Å². The molecule has 136 valence electrons. The normalized spacial score (nSPS) is 11.0. The summed E-state index contributed by atoms with van der Waals surface area (Å²) >= 11 is 2.83. The second kappa shape index (κ2) is 8.01. The lowest BCUT2D eigenvalue weighted by molar-refractivity contribution is -0.113. The Hall–Kier alpha value is -2.19. The molecule has 1 aromatic carbocycles. The van der Waals surface area contributed by atoms with Gasteiger partial charge in [-0.25, -0.2) is 0 Å². The van der Waals surface area contributed by atoms with E-state index in [0.717, 1.165) is 33.8 Å². The van der Waals surface area contributed by atoms with Gasteiger partial charge in [0.25, 0.3) is 0 Å². The number of aromatic amines is 1. The van der Waals surface area contributed by atoms with Gasteiger partial charge in [-0.3, -0.25) is 14.9 Å². The Morgan fingerprint density at radius 2 is 2.08 bits per heavy atom. The van der Waals surface area contributed by atoms with Crippen molar-refractivity contribution in [3.63, 3.8) is 0 Å². The van der Waals surface area contributed by atoms with Crippen LogP contribution in [0, 0.1) is 13.8 Å². The highest BCUT2D eigenvalue weighted by atomic mass is 32.2. The summed E-state index contributed by atoms with van der Waals surface area (Å²) in [6, 6.07) is 5.57. The highest BCUT2D eigenvalue weighted by molar-refractivity contribution is 7.99. The van der Waals surface area contributed by atoms with Gasteiger partial charge in [0.2, 0.25) is 11.0 Å². The van der Waals surface area contributed by atoms with Crippen LogP contribution in [-0.4, -0.2) is 26.8 Å². The van der Waals surface area contributed by atoms with Crippen LogP contribution in [0.3, 0.4) is 0 Å². The largest absolute Gasteiger partial charge is 0.357 e. The minimum Gasteiger partial charge on any atom is -0.357 e. The Labute approximate surface area is 159 Å². The van der Waals surface area contributed by atoms with E-state index in [9.17, 15) is 9.59 Å². The van der Waals surface area contributed by atoms with E-state index in [1.165, 1.54) is 23.1 Å². The zero-order valence-electron chi connectivity index (χ0n) is 14.9. The molecule has 6 nitrogen and oxygen atoms in total. The van der Waals surface area contributed by atoms with Crippen molar-refractivity contribution in [1.82, 2.24) is 15.2 Å². The smallest absolute Gasteiger partial charge is 0.236 e. The van der Waals surface area contributed by atoms with E-state index in [4.69, 9.17) is 0 Å². The molecule has 3 aromatic rings. The lowest BCUT2D eigenvalue weighted by Gasteiger charge is -2.08. The fourth-order valence-electron chi connectivity index (χ4n) is 2.69. The summed E-state index contributed by atoms with van der Waals surface area (Å²) in [6.07, 6.45) is 0.802. The number of hydrogen-bond acceptors (Lipinski definition) is 6.